The minimum absolute atomic E-state index is 0.491. The van der Waals surface area contributed by atoms with Crippen LogP contribution in [-0.2, 0) is 0 Å². The molecular weight excluding hydrogens is 316 g/mol. The van der Waals surface area contributed by atoms with Crippen LogP contribution >= 0.6 is 0 Å². The monoisotopic (exact) mass is 336 g/mol. The second kappa shape index (κ2) is 8.01. The Bertz CT molecular complexity index is 822. The molecule has 2 aromatic carbocycles. The number of ether oxygens (including phenoxy) is 2. The van der Waals surface area contributed by atoms with E-state index in [9.17, 15) is 0 Å². The summed E-state index contributed by atoms with van der Waals surface area (Å²) in [7, 11) is 1.64. The Kier molecular flexibility index (Phi) is 5.31. The van der Waals surface area contributed by atoms with Gasteiger partial charge < -0.3 is 20.1 Å². The topological polar surface area (TPSA) is 68.3 Å². The standard InChI is InChI=1S/C19H20N4O2/c1-3-25-17-7-5-4-6-16(17)22-19-20-13-12-18(23-19)21-14-8-10-15(24-2)11-9-14/h4-13H,3H2,1-2H3,(H2,20,21,22,23). The lowest BCUT2D eigenvalue weighted by Crippen LogP contribution is -2.02. The van der Waals surface area contributed by atoms with Crippen LogP contribution in [-0.4, -0.2) is 23.7 Å². The molecule has 0 amide bonds. The lowest BCUT2D eigenvalue weighted by atomic mass is 10.3. The van der Waals surface area contributed by atoms with E-state index in [0.717, 1.165) is 22.9 Å². The molecule has 0 spiro atoms. The fraction of sp³-hybridized carbons (Fsp3) is 0.158. The first-order valence-corrected chi connectivity index (χ1v) is 8.01. The highest BCUT2D eigenvalue weighted by molar-refractivity contribution is 5.64. The van der Waals surface area contributed by atoms with Gasteiger partial charge in [-0.2, -0.15) is 4.98 Å². The zero-order valence-electron chi connectivity index (χ0n) is 14.2. The van der Waals surface area contributed by atoms with Crippen molar-refractivity contribution in [2.45, 2.75) is 6.92 Å². The van der Waals surface area contributed by atoms with Gasteiger partial charge in [0.1, 0.15) is 17.3 Å². The average molecular weight is 336 g/mol. The molecule has 0 radical (unpaired) electrons. The molecule has 2 N–H and O–H groups in total. The van der Waals surface area contributed by atoms with E-state index in [1.54, 1.807) is 13.3 Å². The summed E-state index contributed by atoms with van der Waals surface area (Å²) < 4.78 is 10.8. The van der Waals surface area contributed by atoms with Crippen LogP contribution in [0, 0.1) is 0 Å². The van der Waals surface area contributed by atoms with Gasteiger partial charge in [-0.1, -0.05) is 12.1 Å². The maximum atomic E-state index is 5.61. The molecule has 0 bridgehead atoms. The van der Waals surface area contributed by atoms with Crippen LogP contribution < -0.4 is 20.1 Å². The van der Waals surface area contributed by atoms with Crippen molar-refractivity contribution in [3.63, 3.8) is 0 Å². The Labute approximate surface area is 146 Å². The Morgan fingerprint density at radius 1 is 0.960 bits per heavy atom. The second-order valence-electron chi connectivity index (χ2n) is 5.17. The van der Waals surface area contributed by atoms with Gasteiger partial charge in [0.15, 0.2) is 0 Å². The predicted octanol–water partition coefficient (Wildman–Crippen LogP) is 4.37. The largest absolute Gasteiger partial charge is 0.497 e. The van der Waals surface area contributed by atoms with Crippen molar-refractivity contribution in [3.05, 3.63) is 60.8 Å². The first kappa shape index (κ1) is 16.6. The fourth-order valence-electron chi connectivity index (χ4n) is 2.28. The van der Waals surface area contributed by atoms with Gasteiger partial charge in [-0.05, 0) is 49.4 Å². The molecule has 6 nitrogen and oxygen atoms in total. The Morgan fingerprint density at radius 2 is 1.76 bits per heavy atom. The summed E-state index contributed by atoms with van der Waals surface area (Å²) in [6.07, 6.45) is 1.70. The zero-order chi connectivity index (χ0) is 17.5. The van der Waals surface area contributed by atoms with E-state index in [1.807, 2.05) is 61.5 Å². The molecule has 128 valence electrons. The number of nitrogens with one attached hydrogen (secondary N) is 2. The highest BCUT2D eigenvalue weighted by Gasteiger charge is 2.05. The average Bonchev–Trinajstić information content (AvgIpc) is 2.65. The normalized spacial score (nSPS) is 10.2. The number of nitrogens with zero attached hydrogens (tertiary/aromatic N) is 2. The predicted molar refractivity (Wildman–Crippen MR) is 99.2 cm³/mol. The van der Waals surface area contributed by atoms with E-state index < -0.39 is 0 Å². The van der Waals surface area contributed by atoms with Crippen LogP contribution in [0.15, 0.2) is 60.8 Å². The molecular formula is C19H20N4O2. The molecule has 0 unspecified atom stereocenters. The van der Waals surface area contributed by atoms with E-state index in [2.05, 4.69) is 20.6 Å². The van der Waals surface area contributed by atoms with E-state index in [4.69, 9.17) is 9.47 Å². The first-order chi connectivity index (χ1) is 12.3. The van der Waals surface area contributed by atoms with Crippen molar-refractivity contribution in [1.29, 1.82) is 0 Å². The van der Waals surface area contributed by atoms with Gasteiger partial charge in [-0.25, -0.2) is 4.98 Å². The fourth-order valence-corrected chi connectivity index (χ4v) is 2.28. The Morgan fingerprint density at radius 3 is 2.52 bits per heavy atom. The number of aromatic nitrogens is 2. The number of rotatable bonds is 7. The van der Waals surface area contributed by atoms with E-state index in [0.29, 0.717) is 18.4 Å². The molecule has 0 aliphatic carbocycles. The maximum absolute atomic E-state index is 5.61. The van der Waals surface area contributed by atoms with Crippen molar-refractivity contribution in [2.75, 3.05) is 24.4 Å². The minimum Gasteiger partial charge on any atom is -0.497 e. The summed E-state index contributed by atoms with van der Waals surface area (Å²) in [5, 5.41) is 6.44. The van der Waals surface area contributed by atoms with Gasteiger partial charge in [0.2, 0.25) is 5.95 Å². The van der Waals surface area contributed by atoms with E-state index in [1.165, 1.54) is 0 Å². The number of benzene rings is 2. The molecule has 0 aliphatic rings. The molecule has 3 aromatic rings. The molecule has 0 atom stereocenters. The summed E-state index contributed by atoms with van der Waals surface area (Å²) >= 11 is 0. The Hall–Kier alpha value is -3.28. The third kappa shape index (κ3) is 4.38. The molecule has 0 fully saturated rings. The lowest BCUT2D eigenvalue weighted by molar-refractivity contribution is 0.342. The Balaban J connectivity index is 1.75. The summed E-state index contributed by atoms with van der Waals surface area (Å²) in [4.78, 5) is 8.75. The van der Waals surface area contributed by atoms with Crippen molar-refractivity contribution in [2.24, 2.45) is 0 Å². The highest BCUT2D eigenvalue weighted by Crippen LogP contribution is 2.26. The minimum atomic E-state index is 0.491. The lowest BCUT2D eigenvalue weighted by Gasteiger charge is -2.12. The number of hydrogen-bond donors (Lipinski definition) is 2. The molecule has 1 aromatic heterocycles. The van der Waals surface area contributed by atoms with E-state index >= 15 is 0 Å². The van der Waals surface area contributed by atoms with Gasteiger partial charge >= 0.3 is 0 Å². The van der Waals surface area contributed by atoms with Crippen LogP contribution in [0.25, 0.3) is 0 Å². The molecule has 1 heterocycles. The SMILES string of the molecule is CCOc1ccccc1Nc1nccc(Nc2ccc(OC)cc2)n1. The summed E-state index contributed by atoms with van der Waals surface area (Å²) in [6, 6.07) is 17.1. The smallest absolute Gasteiger partial charge is 0.229 e. The number of anilines is 4. The van der Waals surface area contributed by atoms with Crippen LogP contribution in [0.4, 0.5) is 23.1 Å². The molecule has 0 saturated carbocycles. The van der Waals surface area contributed by atoms with Crippen LogP contribution in [0.2, 0.25) is 0 Å². The highest BCUT2D eigenvalue weighted by atomic mass is 16.5. The molecule has 0 saturated heterocycles. The third-order valence-electron chi connectivity index (χ3n) is 3.45. The van der Waals surface area contributed by atoms with Gasteiger partial charge in [0.25, 0.3) is 0 Å². The van der Waals surface area contributed by atoms with Gasteiger partial charge in [0, 0.05) is 11.9 Å². The number of methoxy groups -OCH3 is 1. The molecule has 3 rings (SSSR count). The number of hydrogen-bond acceptors (Lipinski definition) is 6. The zero-order valence-corrected chi connectivity index (χ0v) is 14.2. The third-order valence-corrected chi connectivity index (χ3v) is 3.45. The van der Waals surface area contributed by atoms with Crippen molar-refractivity contribution in [1.82, 2.24) is 9.97 Å². The van der Waals surface area contributed by atoms with Crippen molar-refractivity contribution in [3.8, 4) is 11.5 Å². The van der Waals surface area contributed by atoms with Gasteiger partial charge in [-0.3, -0.25) is 0 Å². The van der Waals surface area contributed by atoms with E-state index in [-0.39, 0.29) is 0 Å². The maximum Gasteiger partial charge on any atom is 0.229 e. The van der Waals surface area contributed by atoms with Gasteiger partial charge in [0.05, 0.1) is 19.4 Å². The van der Waals surface area contributed by atoms with Crippen LogP contribution in [0.5, 0.6) is 11.5 Å². The van der Waals surface area contributed by atoms with Crippen molar-refractivity contribution >= 4 is 23.1 Å². The first-order valence-electron chi connectivity index (χ1n) is 8.01. The summed E-state index contributed by atoms with van der Waals surface area (Å²) in [6.45, 7) is 2.55. The second-order valence-corrected chi connectivity index (χ2v) is 5.17. The quantitative estimate of drug-likeness (QED) is 0.668. The molecule has 6 heteroatoms. The van der Waals surface area contributed by atoms with Crippen LogP contribution in [0.1, 0.15) is 6.92 Å². The van der Waals surface area contributed by atoms with Crippen LogP contribution in [0.3, 0.4) is 0 Å². The van der Waals surface area contributed by atoms with Gasteiger partial charge in [-0.15, -0.1) is 0 Å². The summed E-state index contributed by atoms with van der Waals surface area (Å²) in [5.41, 5.74) is 1.74. The molecule has 0 aliphatic heterocycles. The number of para-hydroxylation sites is 2. The van der Waals surface area contributed by atoms with Crippen molar-refractivity contribution < 1.29 is 9.47 Å². The molecule has 25 heavy (non-hydrogen) atoms. The summed E-state index contributed by atoms with van der Waals surface area (Å²) in [5.74, 6) is 2.76.